The molecule has 2 aromatic rings. The summed E-state index contributed by atoms with van der Waals surface area (Å²) in [6, 6.07) is 3.99. The zero-order valence-corrected chi connectivity index (χ0v) is 15.2. The normalized spacial score (nSPS) is 16.8. The Bertz CT molecular complexity index is 768. The zero-order valence-electron chi connectivity index (χ0n) is 12.8. The van der Waals surface area contributed by atoms with Crippen LogP contribution < -0.4 is 5.32 Å². The molecule has 1 aliphatic rings. The second-order valence-corrected chi connectivity index (χ2v) is 7.75. The highest BCUT2D eigenvalue weighted by atomic mass is 79.9. The van der Waals surface area contributed by atoms with Crippen molar-refractivity contribution in [3.05, 3.63) is 32.1 Å². The maximum Gasteiger partial charge on any atom is 0.327 e. The lowest BCUT2D eigenvalue weighted by Crippen LogP contribution is -2.26. The SMILES string of the molecule is CCOC(=O)Cn1nc(C)c2c1NC(=O)CC2c1ccc(Br)s1. The quantitative estimate of drug-likeness (QED) is 0.804. The molecule has 0 spiro atoms. The molecule has 1 atom stereocenters. The molecule has 0 saturated heterocycles. The largest absolute Gasteiger partial charge is 0.465 e. The first-order chi connectivity index (χ1) is 11.0. The number of rotatable bonds is 4. The molecule has 2 aromatic heterocycles. The molecule has 8 heteroatoms. The Morgan fingerprint density at radius 1 is 1.57 bits per heavy atom. The van der Waals surface area contributed by atoms with Gasteiger partial charge in [0.1, 0.15) is 12.4 Å². The Balaban J connectivity index is 2.00. The van der Waals surface area contributed by atoms with Crippen molar-refractivity contribution in [2.45, 2.75) is 32.7 Å². The predicted molar refractivity (Wildman–Crippen MR) is 90.7 cm³/mol. The molecule has 23 heavy (non-hydrogen) atoms. The van der Waals surface area contributed by atoms with Crippen LogP contribution in [0.15, 0.2) is 15.9 Å². The van der Waals surface area contributed by atoms with Gasteiger partial charge in [0.05, 0.1) is 16.1 Å². The van der Waals surface area contributed by atoms with Crippen LogP contribution in [-0.4, -0.2) is 28.3 Å². The molecule has 0 radical (unpaired) electrons. The van der Waals surface area contributed by atoms with Crippen LogP contribution in [0.3, 0.4) is 0 Å². The summed E-state index contributed by atoms with van der Waals surface area (Å²) in [7, 11) is 0. The lowest BCUT2D eigenvalue weighted by molar-refractivity contribution is -0.144. The number of ether oxygens (including phenoxy) is 1. The topological polar surface area (TPSA) is 73.2 Å². The van der Waals surface area contributed by atoms with Gasteiger partial charge in [-0.05, 0) is 41.9 Å². The summed E-state index contributed by atoms with van der Waals surface area (Å²) >= 11 is 5.07. The second kappa shape index (κ2) is 6.45. The van der Waals surface area contributed by atoms with Gasteiger partial charge in [-0.1, -0.05) is 0 Å². The van der Waals surface area contributed by atoms with E-state index in [-0.39, 0.29) is 24.3 Å². The second-order valence-electron chi connectivity index (χ2n) is 5.26. The van der Waals surface area contributed by atoms with Gasteiger partial charge in [0.2, 0.25) is 5.91 Å². The fourth-order valence-corrected chi connectivity index (χ4v) is 4.35. The number of aryl methyl sites for hydroxylation is 1. The van der Waals surface area contributed by atoms with Gasteiger partial charge in [0.25, 0.3) is 0 Å². The summed E-state index contributed by atoms with van der Waals surface area (Å²) < 4.78 is 7.52. The van der Waals surface area contributed by atoms with Crippen LogP contribution in [0.2, 0.25) is 0 Å². The van der Waals surface area contributed by atoms with Gasteiger partial charge in [-0.3, -0.25) is 9.59 Å². The van der Waals surface area contributed by atoms with E-state index in [1.165, 1.54) is 4.68 Å². The number of nitrogens with zero attached hydrogens (tertiary/aromatic N) is 2. The highest BCUT2D eigenvalue weighted by Gasteiger charge is 2.33. The Hall–Kier alpha value is -1.67. The van der Waals surface area contributed by atoms with Crippen LogP contribution in [0.4, 0.5) is 5.82 Å². The van der Waals surface area contributed by atoms with Crippen LogP contribution in [0.1, 0.15) is 35.4 Å². The number of thiophene rings is 1. The van der Waals surface area contributed by atoms with E-state index in [1.807, 2.05) is 19.1 Å². The van der Waals surface area contributed by atoms with Gasteiger partial charge in [-0.2, -0.15) is 5.10 Å². The number of hydrogen-bond acceptors (Lipinski definition) is 5. The predicted octanol–water partition coefficient (Wildman–Crippen LogP) is 3.05. The summed E-state index contributed by atoms with van der Waals surface area (Å²) in [5.74, 6) is 0.123. The monoisotopic (exact) mass is 397 g/mol. The van der Waals surface area contributed by atoms with Gasteiger partial charge in [0, 0.05) is 22.8 Å². The van der Waals surface area contributed by atoms with Gasteiger partial charge < -0.3 is 10.1 Å². The number of amides is 1. The summed E-state index contributed by atoms with van der Waals surface area (Å²) in [6.07, 6.45) is 0.381. The van der Waals surface area contributed by atoms with E-state index >= 15 is 0 Å². The number of nitrogens with one attached hydrogen (secondary N) is 1. The highest BCUT2D eigenvalue weighted by molar-refractivity contribution is 9.11. The Morgan fingerprint density at radius 3 is 3.00 bits per heavy atom. The Morgan fingerprint density at radius 2 is 2.35 bits per heavy atom. The molecule has 122 valence electrons. The minimum absolute atomic E-state index is 0.00878. The van der Waals surface area contributed by atoms with Gasteiger partial charge in [-0.25, -0.2) is 4.68 Å². The van der Waals surface area contributed by atoms with E-state index in [9.17, 15) is 9.59 Å². The van der Waals surface area contributed by atoms with Crippen molar-refractivity contribution in [1.29, 1.82) is 0 Å². The smallest absolute Gasteiger partial charge is 0.327 e. The summed E-state index contributed by atoms with van der Waals surface area (Å²) in [4.78, 5) is 25.0. The number of hydrogen-bond donors (Lipinski definition) is 1. The molecule has 6 nitrogen and oxygen atoms in total. The molecule has 3 rings (SSSR count). The third kappa shape index (κ3) is 3.18. The number of esters is 1. The molecule has 0 fully saturated rings. The standard InChI is InChI=1S/C15H16BrN3O3S/c1-3-22-13(21)7-19-15-14(8(2)18-19)9(6-12(20)17-15)10-4-5-11(16)23-10/h4-5,9H,3,6-7H2,1-2H3,(H,17,20). The van der Waals surface area contributed by atoms with Crippen molar-refractivity contribution in [2.75, 3.05) is 11.9 Å². The zero-order chi connectivity index (χ0) is 16.6. The fraction of sp³-hybridized carbons (Fsp3) is 0.400. The van der Waals surface area contributed by atoms with Crippen molar-refractivity contribution in [2.24, 2.45) is 0 Å². The van der Waals surface area contributed by atoms with Gasteiger partial charge in [0.15, 0.2) is 0 Å². The molecule has 1 unspecified atom stereocenters. The first kappa shape index (κ1) is 16.2. The molecular weight excluding hydrogens is 382 g/mol. The van der Waals surface area contributed by atoms with Crippen LogP contribution in [0.5, 0.6) is 0 Å². The molecule has 1 N–H and O–H groups in total. The number of anilines is 1. The van der Waals surface area contributed by atoms with Crippen molar-refractivity contribution in [3.63, 3.8) is 0 Å². The number of carbonyl (C=O) groups excluding carboxylic acids is 2. The Kier molecular flexibility index (Phi) is 4.54. The number of fused-ring (bicyclic) bond motifs is 1. The first-order valence-corrected chi connectivity index (χ1v) is 8.88. The third-order valence-corrected chi connectivity index (χ3v) is 5.43. The van der Waals surface area contributed by atoms with Crippen molar-refractivity contribution < 1.29 is 14.3 Å². The van der Waals surface area contributed by atoms with Crippen molar-refractivity contribution in [1.82, 2.24) is 9.78 Å². The van der Waals surface area contributed by atoms with Crippen LogP contribution >= 0.6 is 27.3 Å². The van der Waals surface area contributed by atoms with Crippen LogP contribution in [0.25, 0.3) is 0 Å². The number of halogens is 1. The van der Waals surface area contributed by atoms with Gasteiger partial charge in [-0.15, -0.1) is 11.3 Å². The Labute approximate surface area is 146 Å². The summed E-state index contributed by atoms with van der Waals surface area (Å²) in [5.41, 5.74) is 1.79. The van der Waals surface area contributed by atoms with E-state index in [4.69, 9.17) is 4.74 Å². The van der Waals surface area contributed by atoms with E-state index in [0.29, 0.717) is 18.8 Å². The molecular formula is C15H16BrN3O3S. The molecule has 0 aromatic carbocycles. The highest BCUT2D eigenvalue weighted by Crippen LogP contribution is 2.42. The minimum Gasteiger partial charge on any atom is -0.465 e. The van der Waals surface area contributed by atoms with Crippen LogP contribution in [-0.2, 0) is 20.9 Å². The summed E-state index contributed by atoms with van der Waals surface area (Å²) in [6.45, 7) is 3.96. The van der Waals surface area contributed by atoms with Gasteiger partial charge >= 0.3 is 5.97 Å². The third-order valence-electron chi connectivity index (χ3n) is 3.69. The average molecular weight is 398 g/mol. The number of carbonyl (C=O) groups is 2. The van der Waals surface area contributed by atoms with E-state index in [1.54, 1.807) is 18.3 Å². The van der Waals surface area contributed by atoms with E-state index in [2.05, 4.69) is 26.3 Å². The number of aromatic nitrogens is 2. The van der Waals surface area contributed by atoms with E-state index < -0.39 is 0 Å². The molecule has 3 heterocycles. The first-order valence-electron chi connectivity index (χ1n) is 7.27. The maximum atomic E-state index is 12.1. The minimum atomic E-state index is -0.368. The molecule has 0 aliphatic carbocycles. The fourth-order valence-electron chi connectivity index (χ4n) is 2.82. The van der Waals surface area contributed by atoms with E-state index in [0.717, 1.165) is 19.9 Å². The average Bonchev–Trinajstić information content (AvgIpc) is 3.03. The molecule has 1 amide bonds. The maximum absolute atomic E-state index is 12.1. The van der Waals surface area contributed by atoms with Crippen molar-refractivity contribution in [3.8, 4) is 0 Å². The lowest BCUT2D eigenvalue weighted by atomic mass is 9.91. The molecule has 1 aliphatic heterocycles. The van der Waals surface area contributed by atoms with Crippen LogP contribution in [0, 0.1) is 6.92 Å². The van der Waals surface area contributed by atoms with Crippen molar-refractivity contribution >= 4 is 45.0 Å². The molecule has 0 bridgehead atoms. The summed E-state index contributed by atoms with van der Waals surface area (Å²) in [5, 5.41) is 7.28. The lowest BCUT2D eigenvalue weighted by Gasteiger charge is -2.23. The molecule has 0 saturated carbocycles.